The molecule has 0 unspecified atom stereocenters. The molecule has 1 aliphatic carbocycles. The maximum atomic E-state index is 13.4. The van der Waals surface area contributed by atoms with Crippen molar-refractivity contribution in [2.75, 3.05) is 31.1 Å². The molecule has 2 N–H and O–H groups in total. The molecule has 0 spiro atoms. The van der Waals surface area contributed by atoms with Crippen molar-refractivity contribution in [3.8, 4) is 11.8 Å². The minimum atomic E-state index is -3.93. The van der Waals surface area contributed by atoms with Crippen LogP contribution in [0.3, 0.4) is 0 Å². The van der Waals surface area contributed by atoms with E-state index in [0.717, 1.165) is 36.9 Å². The summed E-state index contributed by atoms with van der Waals surface area (Å²) >= 11 is 0. The second-order valence-electron chi connectivity index (χ2n) is 12.4. The van der Waals surface area contributed by atoms with Crippen molar-refractivity contribution in [1.82, 2.24) is 18.2 Å². The summed E-state index contributed by atoms with van der Waals surface area (Å²) in [6, 6.07) is 11.8. The highest BCUT2D eigenvalue weighted by Crippen LogP contribution is 2.24. The zero-order valence-electron chi connectivity index (χ0n) is 26.0. The molecule has 240 valence electrons. The molecule has 2 fully saturated rings. The highest BCUT2D eigenvalue weighted by atomic mass is 32.2. The van der Waals surface area contributed by atoms with Crippen molar-refractivity contribution in [2.24, 2.45) is 18.9 Å². The predicted octanol–water partition coefficient (Wildman–Crippen LogP) is 2.75. The molecule has 11 nitrogen and oxygen atoms in total. The Labute approximate surface area is 263 Å². The lowest BCUT2D eigenvalue weighted by Crippen LogP contribution is -2.55. The topological polar surface area (TPSA) is 134 Å². The van der Waals surface area contributed by atoms with Crippen LogP contribution in [0.4, 0.5) is 5.69 Å². The fourth-order valence-electron chi connectivity index (χ4n) is 6.18. The molecule has 5 rings (SSSR count). The molecule has 1 saturated carbocycles. The molecule has 2 aromatic carbocycles. The lowest BCUT2D eigenvalue weighted by molar-refractivity contribution is -0.140. The number of carbonyl (C=O) groups is 1. The minimum Gasteiger partial charge on any atom is -0.480 e. The van der Waals surface area contributed by atoms with E-state index >= 15 is 0 Å². The van der Waals surface area contributed by atoms with Crippen LogP contribution in [0.25, 0.3) is 10.9 Å². The maximum absolute atomic E-state index is 13.4. The number of hydrogen-bond donors (Lipinski definition) is 2. The SMILES string of the molecule is CC(C)[C@@H](NS(=O)(=O)N1CCN(c2ccc(C#Cc3ccc4c(c3)c(=O)n(CC3CCCCC3)c(=O)n4C)cc2)CC1)C(=O)O. The molecule has 0 amide bonds. The van der Waals surface area contributed by atoms with Gasteiger partial charge in [0.05, 0.1) is 10.9 Å². The Kier molecular flexibility index (Phi) is 9.82. The van der Waals surface area contributed by atoms with E-state index in [2.05, 4.69) is 21.5 Å². The average molecular weight is 636 g/mol. The molecule has 1 saturated heterocycles. The molecule has 3 aromatic rings. The van der Waals surface area contributed by atoms with Crippen LogP contribution in [-0.2, 0) is 28.6 Å². The lowest BCUT2D eigenvalue weighted by Gasteiger charge is -2.36. The quantitative estimate of drug-likeness (QED) is 0.364. The zero-order valence-corrected chi connectivity index (χ0v) is 26.8. The van der Waals surface area contributed by atoms with E-state index in [1.165, 1.54) is 15.3 Å². The third kappa shape index (κ3) is 7.32. The number of carboxylic acids is 1. The Bertz CT molecular complexity index is 1840. The van der Waals surface area contributed by atoms with Gasteiger partial charge < -0.3 is 10.0 Å². The molecule has 1 aromatic heterocycles. The largest absolute Gasteiger partial charge is 0.480 e. The molecule has 1 aliphatic heterocycles. The van der Waals surface area contributed by atoms with Gasteiger partial charge >= 0.3 is 11.7 Å². The number of hydrogen-bond acceptors (Lipinski definition) is 6. The van der Waals surface area contributed by atoms with Gasteiger partial charge in [-0.2, -0.15) is 17.4 Å². The molecule has 45 heavy (non-hydrogen) atoms. The first-order valence-electron chi connectivity index (χ1n) is 15.6. The summed E-state index contributed by atoms with van der Waals surface area (Å²) in [4.78, 5) is 39.9. The van der Waals surface area contributed by atoms with Gasteiger partial charge in [-0.05, 0) is 67.1 Å². The molecule has 12 heteroatoms. The van der Waals surface area contributed by atoms with Crippen LogP contribution in [0.1, 0.15) is 57.1 Å². The molecule has 2 aliphatic rings. The molecular formula is C33H41N5O6S. The summed E-state index contributed by atoms with van der Waals surface area (Å²) in [6.45, 7) is 5.17. The standard InChI is InChI=1S/C33H41N5O6S/c1-23(2)30(32(40)41)34-45(43,44)37-19-17-36(18-20-37)27-14-11-24(12-15-27)9-10-25-13-16-29-28(21-25)31(39)38(33(42)35(29)3)22-26-7-5-4-6-8-26/h11-16,21,23,26,30,34H,4-8,17-20,22H2,1-3H3,(H,40,41)/t30-/m1/s1. The first-order valence-corrected chi connectivity index (χ1v) is 17.0. The third-order valence-corrected chi connectivity index (χ3v) is 10.5. The van der Waals surface area contributed by atoms with Crippen LogP contribution >= 0.6 is 0 Å². The Hall–Kier alpha value is -3.92. The number of piperazine rings is 1. The number of aryl methyl sites for hydroxylation is 1. The van der Waals surface area contributed by atoms with Gasteiger partial charge in [0.25, 0.3) is 15.8 Å². The van der Waals surface area contributed by atoms with Crippen molar-refractivity contribution in [3.05, 3.63) is 74.4 Å². The molecule has 0 radical (unpaired) electrons. The maximum Gasteiger partial charge on any atom is 0.331 e. The van der Waals surface area contributed by atoms with Gasteiger partial charge in [-0.25, -0.2) is 4.79 Å². The molecule has 2 heterocycles. The zero-order chi connectivity index (χ0) is 32.3. The van der Waals surface area contributed by atoms with E-state index in [9.17, 15) is 27.9 Å². The van der Waals surface area contributed by atoms with Gasteiger partial charge in [-0.3, -0.25) is 18.7 Å². The van der Waals surface area contributed by atoms with E-state index in [1.54, 1.807) is 37.6 Å². The van der Waals surface area contributed by atoms with Crippen molar-refractivity contribution in [2.45, 2.75) is 58.5 Å². The van der Waals surface area contributed by atoms with Gasteiger partial charge in [0.1, 0.15) is 6.04 Å². The van der Waals surface area contributed by atoms with E-state index < -0.39 is 22.2 Å². The van der Waals surface area contributed by atoms with Crippen molar-refractivity contribution in [3.63, 3.8) is 0 Å². The van der Waals surface area contributed by atoms with Crippen molar-refractivity contribution < 1.29 is 18.3 Å². The summed E-state index contributed by atoms with van der Waals surface area (Å²) in [7, 11) is -2.23. The number of nitrogens with one attached hydrogen (secondary N) is 1. The minimum absolute atomic E-state index is 0.233. The molecule has 0 bridgehead atoms. The fraction of sp³-hybridized carbons (Fsp3) is 0.485. The number of aromatic nitrogens is 2. The number of rotatable bonds is 8. The summed E-state index contributed by atoms with van der Waals surface area (Å²) < 4.78 is 32.1. The van der Waals surface area contributed by atoms with Gasteiger partial charge in [0.2, 0.25) is 0 Å². The van der Waals surface area contributed by atoms with Crippen LogP contribution < -0.4 is 20.9 Å². The van der Waals surface area contributed by atoms with Crippen LogP contribution in [0.2, 0.25) is 0 Å². The fourth-order valence-corrected chi connectivity index (χ4v) is 7.66. The Morgan fingerprint density at radius 1 is 0.956 bits per heavy atom. The monoisotopic (exact) mass is 635 g/mol. The summed E-state index contributed by atoms with van der Waals surface area (Å²) in [5, 5.41) is 9.85. The third-order valence-electron chi connectivity index (χ3n) is 8.89. The molecular weight excluding hydrogens is 594 g/mol. The second kappa shape index (κ2) is 13.6. The van der Waals surface area contributed by atoms with Gasteiger partial charge in [0, 0.05) is 56.6 Å². The molecule has 1 atom stereocenters. The average Bonchev–Trinajstić information content (AvgIpc) is 3.04. The summed E-state index contributed by atoms with van der Waals surface area (Å²) in [6.07, 6.45) is 5.58. The first kappa shape index (κ1) is 32.5. The number of carboxylic acid groups (broad SMARTS) is 1. The number of benzene rings is 2. The van der Waals surface area contributed by atoms with E-state index in [1.807, 2.05) is 30.3 Å². The Balaban J connectivity index is 1.26. The normalized spacial score (nSPS) is 17.3. The van der Waals surface area contributed by atoms with Crippen LogP contribution in [-0.4, -0.2) is 65.2 Å². The summed E-state index contributed by atoms with van der Waals surface area (Å²) in [5.41, 5.74) is 2.44. The predicted molar refractivity (Wildman–Crippen MR) is 175 cm³/mol. The van der Waals surface area contributed by atoms with E-state index in [-0.39, 0.29) is 30.3 Å². The van der Waals surface area contributed by atoms with Crippen molar-refractivity contribution in [1.29, 1.82) is 0 Å². The summed E-state index contributed by atoms with van der Waals surface area (Å²) in [5.74, 6) is 5.07. The number of fused-ring (bicyclic) bond motifs is 1. The number of aliphatic carboxylic acids is 1. The number of anilines is 1. The second-order valence-corrected chi connectivity index (χ2v) is 14.1. The Morgan fingerprint density at radius 3 is 2.20 bits per heavy atom. The van der Waals surface area contributed by atoms with E-state index in [0.29, 0.717) is 42.0 Å². The van der Waals surface area contributed by atoms with Crippen LogP contribution in [0.5, 0.6) is 0 Å². The van der Waals surface area contributed by atoms with Gasteiger partial charge in [-0.15, -0.1) is 0 Å². The first-order chi connectivity index (χ1) is 21.4. The van der Waals surface area contributed by atoms with Gasteiger partial charge in [0.15, 0.2) is 0 Å². The highest BCUT2D eigenvalue weighted by molar-refractivity contribution is 7.87. The number of nitrogens with zero attached hydrogens (tertiary/aromatic N) is 4. The van der Waals surface area contributed by atoms with Crippen LogP contribution in [0, 0.1) is 23.7 Å². The highest BCUT2D eigenvalue weighted by Gasteiger charge is 2.33. The van der Waals surface area contributed by atoms with Crippen LogP contribution in [0.15, 0.2) is 52.1 Å². The lowest BCUT2D eigenvalue weighted by atomic mass is 9.89. The Morgan fingerprint density at radius 2 is 1.58 bits per heavy atom. The van der Waals surface area contributed by atoms with Gasteiger partial charge in [-0.1, -0.05) is 45.0 Å². The van der Waals surface area contributed by atoms with E-state index in [4.69, 9.17) is 0 Å². The smallest absolute Gasteiger partial charge is 0.331 e. The van der Waals surface area contributed by atoms with Crippen molar-refractivity contribution >= 4 is 32.8 Å².